The predicted molar refractivity (Wildman–Crippen MR) is 104 cm³/mol. The van der Waals surface area contributed by atoms with Crippen LogP contribution in [0.2, 0.25) is 0 Å². The van der Waals surface area contributed by atoms with Gasteiger partial charge in [-0.1, -0.05) is 60.7 Å². The number of hydrogen-bond acceptors (Lipinski definition) is 6. The number of ether oxygens (including phenoxy) is 4. The van der Waals surface area contributed by atoms with Gasteiger partial charge in [-0.3, -0.25) is 4.79 Å². The molecule has 7 heteroatoms. The first kappa shape index (κ1) is 20.0. The van der Waals surface area contributed by atoms with E-state index in [1.807, 2.05) is 60.7 Å². The Balaban J connectivity index is 1.48. The number of carbonyl (C=O) groups excluding carboxylic acids is 1. The van der Waals surface area contributed by atoms with Crippen LogP contribution in [0, 0.1) is 0 Å². The number of aliphatic hydroxyl groups is 1. The van der Waals surface area contributed by atoms with E-state index in [0.717, 1.165) is 11.1 Å². The van der Waals surface area contributed by atoms with Crippen LogP contribution in [0.4, 0.5) is 0 Å². The first-order valence-electron chi connectivity index (χ1n) is 9.70. The van der Waals surface area contributed by atoms with Gasteiger partial charge in [0.2, 0.25) is 5.91 Å². The molecular weight excluding hydrogens is 374 g/mol. The van der Waals surface area contributed by atoms with Crippen molar-refractivity contribution in [1.82, 2.24) is 5.32 Å². The van der Waals surface area contributed by atoms with Gasteiger partial charge >= 0.3 is 0 Å². The maximum absolute atomic E-state index is 11.7. The van der Waals surface area contributed by atoms with Crippen molar-refractivity contribution >= 4 is 5.91 Å². The highest BCUT2D eigenvalue weighted by atomic mass is 16.7. The van der Waals surface area contributed by atoms with Gasteiger partial charge < -0.3 is 29.4 Å². The third kappa shape index (κ3) is 4.66. The lowest BCUT2D eigenvalue weighted by atomic mass is 9.95. The molecule has 2 aromatic carbocycles. The largest absolute Gasteiger partial charge is 0.388 e. The highest BCUT2D eigenvalue weighted by Gasteiger charge is 2.50. The number of carbonyl (C=O) groups is 1. The molecule has 6 atom stereocenters. The number of fused-ring (bicyclic) bond motifs is 1. The monoisotopic (exact) mass is 399 g/mol. The fraction of sp³-hybridized carbons (Fsp3) is 0.409. The van der Waals surface area contributed by atoms with E-state index < -0.39 is 36.9 Å². The molecule has 2 fully saturated rings. The molecule has 0 radical (unpaired) electrons. The summed E-state index contributed by atoms with van der Waals surface area (Å²) in [6, 6.07) is 18.4. The summed E-state index contributed by atoms with van der Waals surface area (Å²) in [6.07, 6.45) is -3.59. The molecule has 1 amide bonds. The van der Waals surface area contributed by atoms with Crippen LogP contribution < -0.4 is 5.32 Å². The molecule has 154 valence electrons. The Morgan fingerprint density at radius 1 is 1.10 bits per heavy atom. The summed E-state index contributed by atoms with van der Waals surface area (Å²) in [5, 5.41) is 13.7. The van der Waals surface area contributed by atoms with Crippen LogP contribution in [-0.4, -0.2) is 48.3 Å². The van der Waals surface area contributed by atoms with Gasteiger partial charge in [0.05, 0.1) is 13.2 Å². The normalized spacial score (nSPS) is 31.7. The summed E-state index contributed by atoms with van der Waals surface area (Å²) in [5.41, 5.74) is 1.83. The molecule has 4 rings (SSSR count). The topological polar surface area (TPSA) is 86.3 Å². The third-order valence-electron chi connectivity index (χ3n) is 5.06. The SMILES string of the molecule is CC(=O)N[C@@H]1[C@@H](OCc2ccccc2)OC2COC(c3ccccc3)O[C@H]2[C@@H]1O. The Hall–Kier alpha value is -2.29. The van der Waals surface area contributed by atoms with Gasteiger partial charge in [0.25, 0.3) is 0 Å². The van der Waals surface area contributed by atoms with Crippen LogP contribution in [0.5, 0.6) is 0 Å². The smallest absolute Gasteiger partial charge is 0.217 e. The van der Waals surface area contributed by atoms with Crippen LogP contribution in [-0.2, 0) is 30.3 Å². The van der Waals surface area contributed by atoms with Crippen molar-refractivity contribution < 1.29 is 28.8 Å². The van der Waals surface area contributed by atoms with Gasteiger partial charge in [0.15, 0.2) is 12.6 Å². The van der Waals surface area contributed by atoms with Gasteiger partial charge in [-0.05, 0) is 5.56 Å². The first-order chi connectivity index (χ1) is 14.1. The van der Waals surface area contributed by atoms with Crippen molar-refractivity contribution in [3.63, 3.8) is 0 Å². The average Bonchev–Trinajstić information content (AvgIpc) is 2.75. The highest BCUT2D eigenvalue weighted by Crippen LogP contribution is 2.34. The Labute approximate surface area is 169 Å². The molecule has 2 saturated heterocycles. The second-order valence-electron chi connectivity index (χ2n) is 7.23. The Bertz CT molecular complexity index is 801. The zero-order chi connectivity index (χ0) is 20.2. The fourth-order valence-electron chi connectivity index (χ4n) is 3.65. The Morgan fingerprint density at radius 2 is 1.79 bits per heavy atom. The van der Waals surface area contributed by atoms with Crippen LogP contribution in [0.1, 0.15) is 24.3 Å². The van der Waals surface area contributed by atoms with E-state index in [1.54, 1.807) is 0 Å². The average molecular weight is 399 g/mol. The lowest BCUT2D eigenvalue weighted by Crippen LogP contribution is -2.66. The number of benzene rings is 2. The van der Waals surface area contributed by atoms with Crippen molar-refractivity contribution in [2.45, 2.75) is 50.5 Å². The lowest BCUT2D eigenvalue weighted by molar-refractivity contribution is -0.345. The Morgan fingerprint density at radius 3 is 2.48 bits per heavy atom. The maximum atomic E-state index is 11.7. The minimum absolute atomic E-state index is 0.249. The molecule has 2 aliphatic rings. The molecule has 0 bridgehead atoms. The van der Waals surface area contributed by atoms with E-state index in [-0.39, 0.29) is 12.5 Å². The minimum Gasteiger partial charge on any atom is -0.388 e. The predicted octanol–water partition coefficient (Wildman–Crippen LogP) is 1.91. The number of hydrogen-bond donors (Lipinski definition) is 2. The van der Waals surface area contributed by atoms with Crippen molar-refractivity contribution in [3.8, 4) is 0 Å². The van der Waals surface area contributed by atoms with Crippen molar-refractivity contribution in [2.24, 2.45) is 0 Å². The van der Waals surface area contributed by atoms with Gasteiger partial charge in [0.1, 0.15) is 24.4 Å². The molecule has 2 heterocycles. The standard InChI is InChI=1S/C22H25NO6/c1-14(24)23-18-19(25)20-17(13-27-21(29-20)16-10-6-3-7-11-16)28-22(18)26-12-15-8-4-2-5-9-15/h2-11,17-22,25H,12-13H2,1H3,(H,23,24)/t17?,18-,19+,20+,21?,22-/m0/s1. The number of nitrogens with one attached hydrogen (secondary N) is 1. The number of amides is 1. The van der Waals surface area contributed by atoms with E-state index in [4.69, 9.17) is 18.9 Å². The van der Waals surface area contributed by atoms with E-state index in [9.17, 15) is 9.90 Å². The molecule has 2 aliphatic heterocycles. The van der Waals surface area contributed by atoms with Crippen molar-refractivity contribution in [2.75, 3.05) is 6.61 Å². The fourth-order valence-corrected chi connectivity index (χ4v) is 3.65. The van der Waals surface area contributed by atoms with Crippen LogP contribution in [0.25, 0.3) is 0 Å². The molecule has 2 aromatic rings. The summed E-state index contributed by atoms with van der Waals surface area (Å²) < 4.78 is 23.8. The summed E-state index contributed by atoms with van der Waals surface area (Å²) in [7, 11) is 0. The van der Waals surface area contributed by atoms with E-state index in [1.165, 1.54) is 6.92 Å². The second kappa shape index (κ2) is 9.02. The number of rotatable bonds is 5. The number of aliphatic hydroxyl groups excluding tert-OH is 1. The van der Waals surface area contributed by atoms with Gasteiger partial charge in [-0.15, -0.1) is 0 Å². The molecule has 0 spiro atoms. The molecule has 2 unspecified atom stereocenters. The summed E-state index contributed by atoms with van der Waals surface area (Å²) in [4.78, 5) is 11.7. The summed E-state index contributed by atoms with van der Waals surface area (Å²) in [6.45, 7) is 1.93. The quantitative estimate of drug-likeness (QED) is 0.799. The van der Waals surface area contributed by atoms with Crippen LogP contribution >= 0.6 is 0 Å². The molecular formula is C22H25NO6. The minimum atomic E-state index is -1.01. The lowest BCUT2D eigenvalue weighted by Gasteiger charge is -2.47. The van der Waals surface area contributed by atoms with E-state index in [2.05, 4.69) is 5.32 Å². The molecule has 0 aliphatic carbocycles. The molecule has 0 aromatic heterocycles. The van der Waals surface area contributed by atoms with Crippen molar-refractivity contribution in [3.05, 3.63) is 71.8 Å². The van der Waals surface area contributed by atoms with Gasteiger partial charge in [0, 0.05) is 12.5 Å². The molecule has 29 heavy (non-hydrogen) atoms. The Kier molecular flexibility index (Phi) is 6.22. The zero-order valence-electron chi connectivity index (χ0n) is 16.1. The van der Waals surface area contributed by atoms with E-state index in [0.29, 0.717) is 6.61 Å². The summed E-state index contributed by atoms with van der Waals surface area (Å²) in [5.74, 6) is -0.281. The van der Waals surface area contributed by atoms with Gasteiger partial charge in [-0.2, -0.15) is 0 Å². The first-order valence-corrected chi connectivity index (χ1v) is 9.70. The third-order valence-corrected chi connectivity index (χ3v) is 5.06. The maximum Gasteiger partial charge on any atom is 0.217 e. The van der Waals surface area contributed by atoms with E-state index >= 15 is 0 Å². The molecule has 2 N–H and O–H groups in total. The molecule has 7 nitrogen and oxygen atoms in total. The summed E-state index contributed by atoms with van der Waals surface area (Å²) >= 11 is 0. The highest BCUT2D eigenvalue weighted by molar-refractivity contribution is 5.73. The van der Waals surface area contributed by atoms with Crippen LogP contribution in [0.15, 0.2) is 60.7 Å². The second-order valence-corrected chi connectivity index (χ2v) is 7.23. The molecule has 0 saturated carbocycles. The van der Waals surface area contributed by atoms with Gasteiger partial charge in [-0.25, -0.2) is 0 Å². The zero-order valence-corrected chi connectivity index (χ0v) is 16.1. The van der Waals surface area contributed by atoms with Crippen molar-refractivity contribution in [1.29, 1.82) is 0 Å². The van der Waals surface area contributed by atoms with Crippen LogP contribution in [0.3, 0.4) is 0 Å².